The molecular formula is C18H12FNO. The van der Waals surface area contributed by atoms with Crippen molar-refractivity contribution in [3.63, 3.8) is 0 Å². The summed E-state index contributed by atoms with van der Waals surface area (Å²) in [7, 11) is 0. The summed E-state index contributed by atoms with van der Waals surface area (Å²) in [6.07, 6.45) is 0. The third-order valence-corrected chi connectivity index (χ3v) is 3.38. The van der Waals surface area contributed by atoms with Crippen LogP contribution < -0.4 is 4.74 Å². The lowest BCUT2D eigenvalue weighted by atomic mass is 10.0. The summed E-state index contributed by atoms with van der Waals surface area (Å²) >= 11 is 0. The average Bonchev–Trinajstić information content (AvgIpc) is 2.52. The van der Waals surface area contributed by atoms with Crippen LogP contribution in [0.4, 0.5) is 4.39 Å². The van der Waals surface area contributed by atoms with Crippen molar-refractivity contribution in [3.05, 3.63) is 71.5 Å². The van der Waals surface area contributed by atoms with Crippen molar-refractivity contribution >= 4 is 10.8 Å². The van der Waals surface area contributed by atoms with Crippen LogP contribution in [0.15, 0.2) is 54.6 Å². The van der Waals surface area contributed by atoms with Crippen molar-refractivity contribution in [1.82, 2.24) is 0 Å². The van der Waals surface area contributed by atoms with Gasteiger partial charge in [-0.25, -0.2) is 4.39 Å². The van der Waals surface area contributed by atoms with Crippen LogP contribution in [-0.4, -0.2) is 0 Å². The maximum absolute atomic E-state index is 14.1. The first-order valence-corrected chi connectivity index (χ1v) is 6.55. The number of fused-ring (bicyclic) bond motifs is 1. The first-order chi connectivity index (χ1) is 10.2. The van der Waals surface area contributed by atoms with E-state index in [1.54, 1.807) is 37.3 Å². The van der Waals surface area contributed by atoms with Gasteiger partial charge in [-0.05, 0) is 30.7 Å². The molecule has 0 atom stereocenters. The lowest BCUT2D eigenvalue weighted by molar-refractivity contribution is 0.444. The van der Waals surface area contributed by atoms with Gasteiger partial charge in [-0.2, -0.15) is 5.26 Å². The molecule has 102 valence electrons. The largest absolute Gasteiger partial charge is 0.454 e. The van der Waals surface area contributed by atoms with Crippen LogP contribution in [0.3, 0.4) is 0 Å². The van der Waals surface area contributed by atoms with Gasteiger partial charge >= 0.3 is 0 Å². The SMILES string of the molecule is Cc1cccc(Oc2ccc(C#N)c3ccccc23)c1F. The summed E-state index contributed by atoms with van der Waals surface area (Å²) in [4.78, 5) is 0. The topological polar surface area (TPSA) is 33.0 Å². The second-order valence-electron chi connectivity index (χ2n) is 4.76. The van der Waals surface area contributed by atoms with Gasteiger partial charge in [-0.1, -0.05) is 36.4 Å². The van der Waals surface area contributed by atoms with Crippen LogP contribution in [0.2, 0.25) is 0 Å². The van der Waals surface area contributed by atoms with Gasteiger partial charge in [0.1, 0.15) is 5.75 Å². The third kappa shape index (κ3) is 2.32. The van der Waals surface area contributed by atoms with Crippen LogP contribution in [-0.2, 0) is 0 Å². The van der Waals surface area contributed by atoms with Crippen LogP contribution in [0.1, 0.15) is 11.1 Å². The highest BCUT2D eigenvalue weighted by atomic mass is 19.1. The standard InChI is InChI=1S/C18H12FNO/c1-12-5-4-8-17(18(12)19)21-16-10-9-13(11-20)14-6-2-3-7-15(14)16/h2-10H,1H3. The van der Waals surface area contributed by atoms with E-state index in [4.69, 9.17) is 10.00 Å². The molecule has 0 aliphatic heterocycles. The Balaban J connectivity index is 2.14. The van der Waals surface area contributed by atoms with Crippen LogP contribution in [0.25, 0.3) is 10.8 Å². The van der Waals surface area contributed by atoms with Crippen molar-refractivity contribution < 1.29 is 9.13 Å². The van der Waals surface area contributed by atoms with Crippen molar-refractivity contribution in [2.75, 3.05) is 0 Å². The Morgan fingerprint density at radius 3 is 2.43 bits per heavy atom. The monoisotopic (exact) mass is 277 g/mol. The quantitative estimate of drug-likeness (QED) is 0.663. The van der Waals surface area contributed by atoms with Gasteiger partial charge in [-0.15, -0.1) is 0 Å². The summed E-state index contributed by atoms with van der Waals surface area (Å²) in [6, 6.07) is 18.0. The zero-order chi connectivity index (χ0) is 14.8. The van der Waals surface area contributed by atoms with E-state index in [1.807, 2.05) is 24.3 Å². The summed E-state index contributed by atoms with van der Waals surface area (Å²) in [5, 5.41) is 10.7. The summed E-state index contributed by atoms with van der Waals surface area (Å²) in [6.45, 7) is 1.69. The fourth-order valence-electron chi connectivity index (χ4n) is 2.28. The van der Waals surface area contributed by atoms with Crippen molar-refractivity contribution in [1.29, 1.82) is 5.26 Å². The second-order valence-corrected chi connectivity index (χ2v) is 4.76. The zero-order valence-electron chi connectivity index (χ0n) is 11.4. The number of halogens is 1. The number of aryl methyl sites for hydroxylation is 1. The van der Waals surface area contributed by atoms with Crippen molar-refractivity contribution in [3.8, 4) is 17.6 Å². The maximum Gasteiger partial charge on any atom is 0.168 e. The molecule has 0 aliphatic rings. The minimum atomic E-state index is -0.369. The smallest absolute Gasteiger partial charge is 0.168 e. The molecule has 0 fully saturated rings. The van der Waals surface area contributed by atoms with E-state index in [-0.39, 0.29) is 11.6 Å². The molecule has 3 rings (SSSR count). The Bertz CT molecular complexity index is 865. The Morgan fingerprint density at radius 1 is 0.905 bits per heavy atom. The number of rotatable bonds is 2. The Kier molecular flexibility index (Phi) is 3.29. The van der Waals surface area contributed by atoms with Gasteiger partial charge in [0.05, 0.1) is 11.6 Å². The zero-order valence-corrected chi connectivity index (χ0v) is 11.4. The molecule has 0 bridgehead atoms. The van der Waals surface area contributed by atoms with Crippen LogP contribution in [0.5, 0.6) is 11.5 Å². The molecule has 2 nitrogen and oxygen atoms in total. The van der Waals surface area contributed by atoms with Crippen LogP contribution in [0, 0.1) is 24.1 Å². The highest BCUT2D eigenvalue weighted by Crippen LogP contribution is 2.33. The van der Waals surface area contributed by atoms with E-state index < -0.39 is 0 Å². The maximum atomic E-state index is 14.1. The molecular weight excluding hydrogens is 265 g/mol. The number of nitriles is 1. The molecule has 0 heterocycles. The minimum Gasteiger partial charge on any atom is -0.454 e. The molecule has 0 saturated heterocycles. The first kappa shape index (κ1) is 13.1. The Hall–Kier alpha value is -2.86. The number of hydrogen-bond acceptors (Lipinski definition) is 2. The molecule has 3 aromatic rings. The van der Waals surface area contributed by atoms with Gasteiger partial charge in [-0.3, -0.25) is 0 Å². The second kappa shape index (κ2) is 5.26. The third-order valence-electron chi connectivity index (χ3n) is 3.38. The lowest BCUT2D eigenvalue weighted by Crippen LogP contribution is -1.92. The fourth-order valence-corrected chi connectivity index (χ4v) is 2.28. The number of ether oxygens (including phenoxy) is 1. The number of benzene rings is 3. The van der Waals surface area contributed by atoms with E-state index in [0.29, 0.717) is 16.9 Å². The van der Waals surface area contributed by atoms with E-state index >= 15 is 0 Å². The molecule has 3 heteroatoms. The summed E-state index contributed by atoms with van der Waals surface area (Å²) < 4.78 is 19.8. The molecule has 0 unspecified atom stereocenters. The lowest BCUT2D eigenvalue weighted by Gasteiger charge is -2.11. The number of hydrogen-bond donors (Lipinski definition) is 0. The fraction of sp³-hybridized carbons (Fsp3) is 0.0556. The summed E-state index contributed by atoms with van der Waals surface area (Å²) in [5.41, 5.74) is 1.10. The molecule has 0 spiro atoms. The van der Waals surface area contributed by atoms with Crippen molar-refractivity contribution in [2.45, 2.75) is 6.92 Å². The van der Waals surface area contributed by atoms with E-state index in [2.05, 4.69) is 6.07 Å². The first-order valence-electron chi connectivity index (χ1n) is 6.55. The normalized spacial score (nSPS) is 10.3. The van der Waals surface area contributed by atoms with Gasteiger partial charge < -0.3 is 4.74 Å². The molecule has 0 aliphatic carbocycles. The average molecular weight is 277 g/mol. The molecule has 0 saturated carbocycles. The van der Waals surface area contributed by atoms with E-state index in [0.717, 1.165) is 10.8 Å². The highest BCUT2D eigenvalue weighted by molar-refractivity contribution is 5.92. The predicted octanol–water partition coefficient (Wildman–Crippen LogP) is 4.95. The van der Waals surface area contributed by atoms with Gasteiger partial charge in [0.2, 0.25) is 0 Å². The van der Waals surface area contributed by atoms with E-state index in [9.17, 15) is 4.39 Å². The van der Waals surface area contributed by atoms with E-state index in [1.165, 1.54) is 0 Å². The molecule has 0 N–H and O–H groups in total. The van der Waals surface area contributed by atoms with Gasteiger partial charge in [0.25, 0.3) is 0 Å². The van der Waals surface area contributed by atoms with Crippen molar-refractivity contribution in [2.24, 2.45) is 0 Å². The highest BCUT2D eigenvalue weighted by Gasteiger charge is 2.11. The molecule has 0 radical (unpaired) electrons. The predicted molar refractivity (Wildman–Crippen MR) is 79.9 cm³/mol. The minimum absolute atomic E-state index is 0.185. The van der Waals surface area contributed by atoms with Gasteiger partial charge in [0.15, 0.2) is 11.6 Å². The molecule has 21 heavy (non-hydrogen) atoms. The summed E-state index contributed by atoms with van der Waals surface area (Å²) in [5.74, 6) is 0.352. The van der Waals surface area contributed by atoms with Crippen LogP contribution >= 0.6 is 0 Å². The molecule has 0 amide bonds. The Labute approximate surface area is 122 Å². The Morgan fingerprint density at radius 2 is 1.67 bits per heavy atom. The molecule has 0 aromatic heterocycles. The van der Waals surface area contributed by atoms with Gasteiger partial charge in [0, 0.05) is 10.8 Å². The number of nitrogens with zero attached hydrogens (tertiary/aromatic N) is 1. The molecule has 3 aromatic carbocycles.